The molecule has 1 fully saturated rings. The third-order valence-electron chi connectivity index (χ3n) is 5.30. The summed E-state index contributed by atoms with van der Waals surface area (Å²) in [6, 6.07) is 4.53. The first kappa shape index (κ1) is 20.2. The molecule has 152 valence electrons. The summed E-state index contributed by atoms with van der Waals surface area (Å²) in [5.74, 6) is -2.10. The number of nitrogens with one attached hydrogen (secondary N) is 1. The fourth-order valence-electron chi connectivity index (χ4n) is 3.53. The Morgan fingerprint density at radius 1 is 1.28 bits per heavy atom. The molecule has 9 nitrogen and oxygen atoms in total. The van der Waals surface area contributed by atoms with Crippen LogP contribution in [0.3, 0.4) is 0 Å². The fraction of sp³-hybridized carbons (Fsp3) is 0.350. The Morgan fingerprint density at radius 3 is 2.69 bits per heavy atom. The van der Waals surface area contributed by atoms with E-state index in [9.17, 15) is 19.5 Å². The molecule has 3 amide bonds. The molecule has 3 rings (SSSR count). The first-order valence-corrected chi connectivity index (χ1v) is 9.24. The lowest BCUT2D eigenvalue weighted by molar-refractivity contribution is -0.150. The van der Waals surface area contributed by atoms with Crippen LogP contribution in [0.1, 0.15) is 42.6 Å². The van der Waals surface area contributed by atoms with Crippen LogP contribution in [0, 0.1) is 5.92 Å². The van der Waals surface area contributed by atoms with Gasteiger partial charge in [0.15, 0.2) is 0 Å². The smallest absolute Gasteiger partial charge is 0.313 e. The number of primary amides is 1. The molecule has 2 aromatic rings. The molecule has 0 bridgehead atoms. The van der Waals surface area contributed by atoms with Crippen LogP contribution in [0.4, 0.5) is 5.69 Å². The first-order valence-electron chi connectivity index (χ1n) is 9.24. The summed E-state index contributed by atoms with van der Waals surface area (Å²) < 4.78 is 0. The maximum atomic E-state index is 13.1. The van der Waals surface area contributed by atoms with Crippen LogP contribution in [-0.4, -0.2) is 44.2 Å². The summed E-state index contributed by atoms with van der Waals surface area (Å²) in [5, 5.41) is 12.0. The number of rotatable bonds is 3. The van der Waals surface area contributed by atoms with Crippen molar-refractivity contribution >= 4 is 23.4 Å². The molecule has 4 N–H and O–H groups in total. The summed E-state index contributed by atoms with van der Waals surface area (Å²) in [5.41, 5.74) is 5.55. The van der Waals surface area contributed by atoms with Crippen molar-refractivity contribution in [2.75, 3.05) is 11.9 Å². The second-order valence-electron chi connectivity index (χ2n) is 7.52. The molecule has 0 aliphatic carbocycles. The summed E-state index contributed by atoms with van der Waals surface area (Å²) in [4.78, 5) is 46.3. The third kappa shape index (κ3) is 4.18. The lowest BCUT2D eigenvalue weighted by atomic mass is 9.79. The maximum Gasteiger partial charge on any atom is 0.313 e. The summed E-state index contributed by atoms with van der Waals surface area (Å²) in [6.45, 7) is 4.31. The highest BCUT2D eigenvalue weighted by atomic mass is 16.3. The number of pyridine rings is 2. The van der Waals surface area contributed by atoms with Crippen LogP contribution in [0.2, 0.25) is 0 Å². The van der Waals surface area contributed by atoms with Gasteiger partial charge in [0, 0.05) is 25.0 Å². The maximum absolute atomic E-state index is 13.1. The van der Waals surface area contributed by atoms with Crippen molar-refractivity contribution in [2.45, 2.75) is 32.2 Å². The zero-order valence-corrected chi connectivity index (χ0v) is 16.3. The Hall–Kier alpha value is -3.49. The second kappa shape index (κ2) is 7.86. The number of nitrogens with two attached hydrogens (primary N) is 1. The Kier molecular flexibility index (Phi) is 5.49. The van der Waals surface area contributed by atoms with Gasteiger partial charge in [0.25, 0.3) is 0 Å². The van der Waals surface area contributed by atoms with Gasteiger partial charge in [0.05, 0.1) is 23.0 Å². The number of carbonyl (C=O) groups excluding carboxylic acids is 3. The van der Waals surface area contributed by atoms with E-state index in [4.69, 9.17) is 5.73 Å². The van der Waals surface area contributed by atoms with E-state index < -0.39 is 23.3 Å². The van der Waals surface area contributed by atoms with E-state index in [0.29, 0.717) is 13.0 Å². The molecule has 2 aromatic heterocycles. The molecular formula is C20H23N5O4. The van der Waals surface area contributed by atoms with E-state index >= 15 is 0 Å². The molecule has 3 heterocycles. The van der Waals surface area contributed by atoms with Crippen LogP contribution in [0.25, 0.3) is 0 Å². The van der Waals surface area contributed by atoms with Crippen molar-refractivity contribution < 1.29 is 19.5 Å². The largest absolute Gasteiger partial charge is 0.493 e. The fourth-order valence-corrected chi connectivity index (χ4v) is 3.53. The highest BCUT2D eigenvalue weighted by molar-refractivity contribution is 6.39. The molecule has 0 spiro atoms. The van der Waals surface area contributed by atoms with Gasteiger partial charge >= 0.3 is 11.8 Å². The van der Waals surface area contributed by atoms with Gasteiger partial charge in [0.1, 0.15) is 0 Å². The van der Waals surface area contributed by atoms with Crippen molar-refractivity contribution in [2.24, 2.45) is 11.7 Å². The van der Waals surface area contributed by atoms with Gasteiger partial charge in [-0.1, -0.05) is 6.92 Å². The minimum Gasteiger partial charge on any atom is -0.493 e. The second-order valence-corrected chi connectivity index (χ2v) is 7.52. The number of aromatic nitrogens is 2. The van der Waals surface area contributed by atoms with Gasteiger partial charge in [-0.05, 0) is 43.4 Å². The number of likely N-dealkylation sites (tertiary alicyclic amines) is 1. The van der Waals surface area contributed by atoms with Crippen LogP contribution < -0.4 is 11.1 Å². The monoisotopic (exact) mass is 397 g/mol. The minimum atomic E-state index is -0.833. The number of carbonyl (C=O) groups is 3. The van der Waals surface area contributed by atoms with Gasteiger partial charge in [-0.25, -0.2) is 4.98 Å². The van der Waals surface area contributed by atoms with E-state index in [-0.39, 0.29) is 23.0 Å². The number of anilines is 1. The molecule has 0 radical (unpaired) electrons. The molecule has 0 unspecified atom stereocenters. The predicted octanol–water partition coefficient (Wildman–Crippen LogP) is 1.39. The van der Waals surface area contributed by atoms with E-state index in [1.165, 1.54) is 35.6 Å². The summed E-state index contributed by atoms with van der Waals surface area (Å²) in [7, 11) is 0. The Labute approximate surface area is 167 Å². The molecule has 9 heteroatoms. The Balaban J connectivity index is 1.85. The SMILES string of the molecule is C[C@H]1CC[C@@](C)(c2ccc(O)nc2)N(C(=O)C(=O)Nc2cncc(C(N)=O)c2)C1. The molecular weight excluding hydrogens is 374 g/mol. The molecule has 0 aromatic carbocycles. The molecule has 1 saturated heterocycles. The Bertz CT molecular complexity index is 946. The number of aromatic hydroxyl groups is 1. The highest BCUT2D eigenvalue weighted by Gasteiger charge is 2.43. The van der Waals surface area contributed by atoms with Crippen LogP contribution in [-0.2, 0) is 15.1 Å². The third-order valence-corrected chi connectivity index (χ3v) is 5.30. The predicted molar refractivity (Wildman–Crippen MR) is 105 cm³/mol. The normalized spacial score (nSPS) is 21.4. The first-order chi connectivity index (χ1) is 13.7. The number of hydrogen-bond acceptors (Lipinski definition) is 6. The quantitative estimate of drug-likeness (QED) is 0.669. The number of nitrogens with zero attached hydrogens (tertiary/aromatic N) is 3. The Morgan fingerprint density at radius 2 is 2.03 bits per heavy atom. The van der Waals surface area contributed by atoms with Gasteiger partial charge < -0.3 is 21.1 Å². The van der Waals surface area contributed by atoms with E-state index in [0.717, 1.165) is 12.0 Å². The lowest BCUT2D eigenvalue weighted by Crippen LogP contribution is -2.55. The number of amides is 3. The minimum absolute atomic E-state index is 0.112. The zero-order chi connectivity index (χ0) is 21.2. The zero-order valence-electron chi connectivity index (χ0n) is 16.3. The lowest BCUT2D eigenvalue weighted by Gasteiger charge is -2.46. The van der Waals surface area contributed by atoms with Crippen molar-refractivity contribution in [1.29, 1.82) is 0 Å². The van der Waals surface area contributed by atoms with E-state index in [1.807, 2.05) is 13.8 Å². The summed E-state index contributed by atoms with van der Waals surface area (Å²) in [6.07, 6.45) is 5.66. The highest BCUT2D eigenvalue weighted by Crippen LogP contribution is 2.39. The van der Waals surface area contributed by atoms with E-state index in [2.05, 4.69) is 15.3 Å². The molecule has 2 atom stereocenters. The number of hydrogen-bond donors (Lipinski definition) is 3. The van der Waals surface area contributed by atoms with Crippen molar-refractivity contribution in [3.8, 4) is 5.88 Å². The summed E-state index contributed by atoms with van der Waals surface area (Å²) >= 11 is 0. The van der Waals surface area contributed by atoms with Crippen molar-refractivity contribution in [3.63, 3.8) is 0 Å². The van der Waals surface area contributed by atoms with Crippen molar-refractivity contribution in [1.82, 2.24) is 14.9 Å². The van der Waals surface area contributed by atoms with Gasteiger partial charge in [-0.3, -0.25) is 19.4 Å². The average molecular weight is 397 g/mol. The topological polar surface area (TPSA) is 139 Å². The van der Waals surface area contributed by atoms with Gasteiger partial charge in [0.2, 0.25) is 11.8 Å². The number of piperidine rings is 1. The van der Waals surface area contributed by atoms with Crippen LogP contribution >= 0.6 is 0 Å². The van der Waals surface area contributed by atoms with E-state index in [1.54, 1.807) is 6.07 Å². The molecule has 1 aliphatic rings. The molecule has 1 aliphatic heterocycles. The molecule has 29 heavy (non-hydrogen) atoms. The van der Waals surface area contributed by atoms with Gasteiger partial charge in [-0.2, -0.15) is 0 Å². The van der Waals surface area contributed by atoms with Crippen LogP contribution in [0.5, 0.6) is 5.88 Å². The van der Waals surface area contributed by atoms with Crippen LogP contribution in [0.15, 0.2) is 36.8 Å². The van der Waals surface area contributed by atoms with Crippen molar-refractivity contribution in [3.05, 3.63) is 47.9 Å². The standard InChI is InChI=1S/C20H23N5O4/c1-12-5-6-20(2,14-3-4-16(26)23-9-14)25(11-12)19(29)18(28)24-15-7-13(17(21)27)8-22-10-15/h3-4,7-10,12H,5-6,11H2,1-2H3,(H2,21,27)(H,23,26)(H,24,28)/t12-,20-/m0/s1. The van der Waals surface area contributed by atoms with Gasteiger partial charge in [-0.15, -0.1) is 0 Å². The molecule has 0 saturated carbocycles. The average Bonchev–Trinajstić information content (AvgIpc) is 2.70.